The second-order valence-electron chi connectivity index (χ2n) is 5.60. The highest BCUT2D eigenvalue weighted by Crippen LogP contribution is 2.28. The molecule has 0 atom stereocenters. The third kappa shape index (κ3) is 4.45. The molecule has 3 aromatic rings. The number of hydrogen-bond acceptors (Lipinski definition) is 5. The lowest BCUT2D eigenvalue weighted by Crippen LogP contribution is -2.12. The first-order valence-corrected chi connectivity index (χ1v) is 8.84. The van der Waals surface area contributed by atoms with Crippen molar-refractivity contribution in [1.29, 1.82) is 0 Å². The van der Waals surface area contributed by atoms with Crippen molar-refractivity contribution in [1.82, 2.24) is 4.98 Å². The number of esters is 1. The molecular weight excluding hydrogens is 334 g/mol. The predicted octanol–water partition coefficient (Wildman–Crippen LogP) is 4.66. The van der Waals surface area contributed by atoms with Gasteiger partial charge in [0.2, 0.25) is 0 Å². The van der Waals surface area contributed by atoms with E-state index in [0.717, 1.165) is 21.9 Å². The average Bonchev–Trinajstić information content (AvgIpc) is 3.01. The second-order valence-corrected chi connectivity index (χ2v) is 6.60. The maximum absolute atomic E-state index is 12.3. The number of nitrogens with zero attached hydrogens (tertiary/aromatic N) is 1. The molecule has 1 heterocycles. The number of thiazole rings is 1. The predicted molar refractivity (Wildman–Crippen MR) is 99.2 cm³/mol. The van der Waals surface area contributed by atoms with Crippen molar-refractivity contribution in [3.63, 3.8) is 0 Å². The minimum absolute atomic E-state index is 0.199. The van der Waals surface area contributed by atoms with E-state index in [0.29, 0.717) is 17.2 Å². The van der Waals surface area contributed by atoms with Gasteiger partial charge >= 0.3 is 5.97 Å². The zero-order chi connectivity index (χ0) is 17.6. The van der Waals surface area contributed by atoms with Gasteiger partial charge in [-0.15, -0.1) is 11.3 Å². The Balaban J connectivity index is 1.56. The third-order valence-electron chi connectivity index (χ3n) is 3.58. The van der Waals surface area contributed by atoms with E-state index < -0.39 is 0 Å². The molecule has 3 rings (SSSR count). The zero-order valence-corrected chi connectivity index (χ0v) is 15.0. The molecule has 0 aliphatic carbocycles. The number of carbonyl (C=O) groups is 1. The van der Waals surface area contributed by atoms with Crippen LogP contribution in [0.25, 0.3) is 10.6 Å². The topological polar surface area (TPSA) is 48.4 Å². The van der Waals surface area contributed by atoms with Crippen LogP contribution in [0.3, 0.4) is 0 Å². The molecule has 0 amide bonds. The summed E-state index contributed by atoms with van der Waals surface area (Å²) in [4.78, 5) is 17.3. The van der Waals surface area contributed by atoms with E-state index >= 15 is 0 Å². The quantitative estimate of drug-likeness (QED) is 0.477. The fourth-order valence-corrected chi connectivity index (χ4v) is 3.32. The molecule has 0 spiro atoms. The van der Waals surface area contributed by atoms with Crippen LogP contribution in [0.2, 0.25) is 0 Å². The second kappa shape index (κ2) is 7.94. The monoisotopic (exact) mass is 353 g/mol. The van der Waals surface area contributed by atoms with Crippen molar-refractivity contribution in [3.05, 3.63) is 70.7 Å². The minimum Gasteiger partial charge on any atom is -0.490 e. The molecule has 0 aliphatic rings. The van der Waals surface area contributed by atoms with Gasteiger partial charge < -0.3 is 9.47 Å². The van der Waals surface area contributed by atoms with Gasteiger partial charge in [0.05, 0.1) is 5.69 Å². The van der Waals surface area contributed by atoms with Gasteiger partial charge in [0.25, 0.3) is 0 Å². The van der Waals surface area contributed by atoms with Crippen LogP contribution in [0.4, 0.5) is 0 Å². The summed E-state index contributed by atoms with van der Waals surface area (Å²) in [6, 6.07) is 17.6. The summed E-state index contributed by atoms with van der Waals surface area (Å²) in [6.45, 7) is 4.34. The molecule has 1 aromatic heterocycles. The van der Waals surface area contributed by atoms with Gasteiger partial charge in [-0.25, -0.2) is 9.78 Å². The van der Waals surface area contributed by atoms with Crippen LogP contribution in [-0.4, -0.2) is 24.2 Å². The van der Waals surface area contributed by atoms with Gasteiger partial charge in [0, 0.05) is 5.56 Å². The van der Waals surface area contributed by atoms with Gasteiger partial charge in [-0.3, -0.25) is 0 Å². The number of benzene rings is 2. The Morgan fingerprint density at radius 2 is 1.84 bits per heavy atom. The molecule has 0 saturated carbocycles. The van der Waals surface area contributed by atoms with Crippen LogP contribution in [-0.2, 0) is 4.74 Å². The van der Waals surface area contributed by atoms with Crippen LogP contribution >= 0.6 is 11.3 Å². The van der Waals surface area contributed by atoms with E-state index in [1.54, 1.807) is 0 Å². The van der Waals surface area contributed by atoms with Crippen LogP contribution in [0, 0.1) is 13.8 Å². The highest BCUT2D eigenvalue weighted by Gasteiger charge is 2.17. The van der Waals surface area contributed by atoms with Crippen molar-refractivity contribution in [3.8, 4) is 16.3 Å². The number of aromatic nitrogens is 1. The maximum atomic E-state index is 12.3. The summed E-state index contributed by atoms with van der Waals surface area (Å²) in [5, 5.41) is 0.820. The Bertz CT molecular complexity index is 858. The summed E-state index contributed by atoms with van der Waals surface area (Å²) in [5.41, 5.74) is 2.81. The molecular formula is C20H19NO3S. The molecule has 0 saturated heterocycles. The fraction of sp³-hybridized carbons (Fsp3) is 0.200. The van der Waals surface area contributed by atoms with E-state index in [9.17, 15) is 4.79 Å². The van der Waals surface area contributed by atoms with Crippen LogP contribution in [0.1, 0.15) is 20.9 Å². The highest BCUT2D eigenvalue weighted by atomic mass is 32.1. The summed E-state index contributed by atoms with van der Waals surface area (Å²) in [7, 11) is 0. The van der Waals surface area contributed by atoms with Crippen molar-refractivity contribution >= 4 is 17.3 Å². The minimum atomic E-state index is -0.356. The SMILES string of the molecule is Cc1cccc(OCCOC(=O)c2sc(-c3ccccc3)nc2C)c1. The lowest BCUT2D eigenvalue weighted by atomic mass is 10.2. The number of hydrogen-bond donors (Lipinski definition) is 0. The maximum Gasteiger partial charge on any atom is 0.350 e. The largest absolute Gasteiger partial charge is 0.490 e. The van der Waals surface area contributed by atoms with Gasteiger partial charge in [-0.05, 0) is 31.5 Å². The Morgan fingerprint density at radius 3 is 2.60 bits per heavy atom. The Labute approximate surface area is 151 Å². The van der Waals surface area contributed by atoms with E-state index in [2.05, 4.69) is 4.98 Å². The molecule has 0 N–H and O–H groups in total. The van der Waals surface area contributed by atoms with Gasteiger partial charge in [-0.2, -0.15) is 0 Å². The average molecular weight is 353 g/mol. The molecule has 128 valence electrons. The first-order valence-electron chi connectivity index (χ1n) is 8.03. The number of ether oxygens (including phenoxy) is 2. The van der Waals surface area contributed by atoms with Crippen LogP contribution < -0.4 is 4.74 Å². The van der Waals surface area contributed by atoms with Crippen molar-refractivity contribution in [2.75, 3.05) is 13.2 Å². The molecule has 0 bridgehead atoms. The highest BCUT2D eigenvalue weighted by molar-refractivity contribution is 7.17. The molecule has 0 radical (unpaired) electrons. The van der Waals surface area contributed by atoms with Crippen molar-refractivity contribution in [2.45, 2.75) is 13.8 Å². The fourth-order valence-electron chi connectivity index (χ4n) is 2.35. The smallest absolute Gasteiger partial charge is 0.350 e. The summed E-state index contributed by atoms with van der Waals surface area (Å²) < 4.78 is 10.9. The van der Waals surface area contributed by atoms with Crippen molar-refractivity contribution in [2.24, 2.45) is 0 Å². The van der Waals surface area contributed by atoms with E-state index in [1.165, 1.54) is 11.3 Å². The third-order valence-corrected chi connectivity index (χ3v) is 4.76. The lowest BCUT2D eigenvalue weighted by molar-refractivity contribution is 0.0455. The molecule has 0 fully saturated rings. The van der Waals surface area contributed by atoms with Gasteiger partial charge in [0.1, 0.15) is 28.8 Å². The molecule has 25 heavy (non-hydrogen) atoms. The summed E-state index contributed by atoms with van der Waals surface area (Å²) in [5.74, 6) is 0.418. The molecule has 0 aliphatic heterocycles. The Kier molecular flexibility index (Phi) is 5.46. The molecule has 2 aromatic carbocycles. The van der Waals surface area contributed by atoms with E-state index in [1.807, 2.05) is 68.4 Å². The van der Waals surface area contributed by atoms with Gasteiger partial charge in [0.15, 0.2) is 0 Å². The van der Waals surface area contributed by atoms with Crippen molar-refractivity contribution < 1.29 is 14.3 Å². The van der Waals surface area contributed by atoms with Crippen LogP contribution in [0.15, 0.2) is 54.6 Å². The normalized spacial score (nSPS) is 10.5. The Morgan fingerprint density at radius 1 is 1.04 bits per heavy atom. The number of aryl methyl sites for hydroxylation is 2. The summed E-state index contributed by atoms with van der Waals surface area (Å²) in [6.07, 6.45) is 0. The lowest BCUT2D eigenvalue weighted by Gasteiger charge is -2.07. The molecule has 0 unspecified atom stereocenters. The standard InChI is InChI=1S/C20H19NO3S/c1-14-7-6-10-17(13-14)23-11-12-24-20(22)18-15(2)21-19(25-18)16-8-4-3-5-9-16/h3-10,13H,11-12H2,1-2H3. The Hall–Kier alpha value is -2.66. The number of carbonyl (C=O) groups excluding carboxylic acids is 1. The molecule has 4 nitrogen and oxygen atoms in total. The van der Waals surface area contributed by atoms with E-state index in [-0.39, 0.29) is 12.6 Å². The number of rotatable bonds is 6. The first-order chi connectivity index (χ1) is 12.1. The zero-order valence-electron chi connectivity index (χ0n) is 14.2. The first kappa shape index (κ1) is 17.2. The summed E-state index contributed by atoms with van der Waals surface area (Å²) >= 11 is 1.35. The van der Waals surface area contributed by atoms with E-state index in [4.69, 9.17) is 9.47 Å². The molecule has 5 heteroatoms. The van der Waals surface area contributed by atoms with Gasteiger partial charge in [-0.1, -0.05) is 42.5 Å². The van der Waals surface area contributed by atoms with Crippen LogP contribution in [0.5, 0.6) is 5.75 Å².